The van der Waals surface area contributed by atoms with E-state index in [-0.39, 0.29) is 11.3 Å². The van der Waals surface area contributed by atoms with Crippen molar-refractivity contribution in [2.75, 3.05) is 0 Å². The van der Waals surface area contributed by atoms with E-state index in [1.807, 2.05) is 0 Å². The van der Waals surface area contributed by atoms with Gasteiger partial charge in [-0.05, 0) is 13.0 Å². The SMILES string of the molecule is Cc1nc(C(F)F)cc(CC(=O)O)c1[N+](=O)[O-]. The molecule has 0 unspecified atom stereocenters. The maximum Gasteiger partial charge on any atom is 0.308 e. The monoisotopic (exact) mass is 246 g/mol. The van der Waals surface area contributed by atoms with Crippen molar-refractivity contribution in [3.63, 3.8) is 0 Å². The summed E-state index contributed by atoms with van der Waals surface area (Å²) in [6.07, 6.45) is -3.60. The van der Waals surface area contributed by atoms with Crippen LogP contribution in [0.2, 0.25) is 0 Å². The number of nitro groups is 1. The number of halogens is 2. The summed E-state index contributed by atoms with van der Waals surface area (Å²) in [6, 6.07) is 0.754. The maximum atomic E-state index is 12.4. The molecule has 0 amide bonds. The van der Waals surface area contributed by atoms with Crippen molar-refractivity contribution < 1.29 is 23.6 Å². The van der Waals surface area contributed by atoms with E-state index in [0.29, 0.717) is 0 Å². The van der Waals surface area contributed by atoms with E-state index in [2.05, 4.69) is 4.98 Å². The molecule has 0 aliphatic heterocycles. The molecule has 0 bridgehead atoms. The van der Waals surface area contributed by atoms with Crippen molar-refractivity contribution in [1.82, 2.24) is 4.98 Å². The number of rotatable bonds is 4. The molecule has 8 heteroatoms. The average Bonchev–Trinajstić information content (AvgIpc) is 2.14. The summed E-state index contributed by atoms with van der Waals surface area (Å²) in [4.78, 5) is 23.7. The zero-order valence-electron chi connectivity index (χ0n) is 8.68. The van der Waals surface area contributed by atoms with Gasteiger partial charge in [0.2, 0.25) is 0 Å². The molecule has 0 radical (unpaired) electrons. The normalized spacial score (nSPS) is 10.6. The highest BCUT2D eigenvalue weighted by Gasteiger charge is 2.24. The van der Waals surface area contributed by atoms with Crippen molar-refractivity contribution in [3.8, 4) is 0 Å². The third-order valence-corrected chi connectivity index (χ3v) is 2.01. The fraction of sp³-hybridized carbons (Fsp3) is 0.333. The fourth-order valence-corrected chi connectivity index (χ4v) is 1.42. The van der Waals surface area contributed by atoms with Crippen molar-refractivity contribution in [2.45, 2.75) is 19.8 Å². The van der Waals surface area contributed by atoms with Gasteiger partial charge in [-0.1, -0.05) is 0 Å². The molecule has 0 aromatic carbocycles. The van der Waals surface area contributed by atoms with Gasteiger partial charge in [-0.3, -0.25) is 14.9 Å². The van der Waals surface area contributed by atoms with Crippen LogP contribution in [0.5, 0.6) is 0 Å². The molecule has 1 aromatic heterocycles. The number of pyridine rings is 1. The number of hydrogen-bond donors (Lipinski definition) is 1. The summed E-state index contributed by atoms with van der Waals surface area (Å²) >= 11 is 0. The van der Waals surface area contributed by atoms with Gasteiger partial charge in [0.25, 0.3) is 12.1 Å². The summed E-state index contributed by atoms with van der Waals surface area (Å²) < 4.78 is 24.8. The van der Waals surface area contributed by atoms with Gasteiger partial charge in [0, 0.05) is 5.56 Å². The zero-order chi connectivity index (χ0) is 13.2. The van der Waals surface area contributed by atoms with E-state index < -0.39 is 35.1 Å². The van der Waals surface area contributed by atoms with Crippen LogP contribution in [-0.4, -0.2) is 21.0 Å². The number of aliphatic carboxylic acids is 1. The van der Waals surface area contributed by atoms with E-state index in [1.54, 1.807) is 0 Å². The molecule has 1 heterocycles. The Bertz CT molecular complexity index is 476. The quantitative estimate of drug-likeness (QED) is 0.646. The lowest BCUT2D eigenvalue weighted by Gasteiger charge is -2.06. The first kappa shape index (κ1) is 12.9. The van der Waals surface area contributed by atoms with Crippen LogP contribution in [0, 0.1) is 17.0 Å². The zero-order valence-corrected chi connectivity index (χ0v) is 8.68. The predicted molar refractivity (Wildman–Crippen MR) is 51.9 cm³/mol. The molecule has 0 aliphatic rings. The second-order valence-electron chi connectivity index (χ2n) is 3.27. The third kappa shape index (κ3) is 2.92. The van der Waals surface area contributed by atoms with Crippen molar-refractivity contribution in [3.05, 3.63) is 33.1 Å². The van der Waals surface area contributed by atoms with E-state index in [9.17, 15) is 23.7 Å². The second-order valence-corrected chi connectivity index (χ2v) is 3.27. The topological polar surface area (TPSA) is 93.3 Å². The summed E-state index contributed by atoms with van der Waals surface area (Å²) in [6.45, 7) is 1.19. The predicted octanol–water partition coefficient (Wildman–Crippen LogP) is 1.86. The first-order chi connectivity index (χ1) is 7.82. The fourth-order valence-electron chi connectivity index (χ4n) is 1.42. The van der Waals surface area contributed by atoms with Crippen LogP contribution < -0.4 is 0 Å². The molecule has 1 aromatic rings. The van der Waals surface area contributed by atoms with Crippen molar-refractivity contribution >= 4 is 11.7 Å². The van der Waals surface area contributed by atoms with Gasteiger partial charge >= 0.3 is 5.97 Å². The van der Waals surface area contributed by atoms with Gasteiger partial charge in [-0.2, -0.15) is 0 Å². The molecule has 0 saturated heterocycles. The highest BCUT2D eigenvalue weighted by Crippen LogP contribution is 2.27. The molecule has 1 rings (SSSR count). The number of aryl methyl sites for hydroxylation is 1. The number of nitrogens with zero attached hydrogens (tertiary/aromatic N) is 2. The largest absolute Gasteiger partial charge is 0.481 e. The van der Waals surface area contributed by atoms with Crippen LogP contribution >= 0.6 is 0 Å². The number of aromatic nitrogens is 1. The van der Waals surface area contributed by atoms with Crippen LogP contribution in [0.1, 0.15) is 23.4 Å². The molecule has 0 atom stereocenters. The minimum Gasteiger partial charge on any atom is -0.481 e. The van der Waals surface area contributed by atoms with Gasteiger partial charge in [0.05, 0.1) is 11.3 Å². The van der Waals surface area contributed by atoms with E-state index in [4.69, 9.17) is 5.11 Å². The molecule has 92 valence electrons. The molecular formula is C9H8F2N2O4. The lowest BCUT2D eigenvalue weighted by molar-refractivity contribution is -0.386. The molecule has 0 aliphatic carbocycles. The molecular weight excluding hydrogens is 238 g/mol. The molecule has 0 saturated carbocycles. The van der Waals surface area contributed by atoms with E-state index in [1.165, 1.54) is 6.92 Å². The number of carboxylic acids is 1. The standard InChI is InChI=1S/C9H8F2N2O4/c1-4-8(13(16)17)5(3-7(14)15)2-6(12-4)9(10)11/h2,9H,3H2,1H3,(H,14,15). The van der Waals surface area contributed by atoms with Crippen LogP contribution in [0.25, 0.3) is 0 Å². The molecule has 0 fully saturated rings. The summed E-state index contributed by atoms with van der Waals surface area (Å²) in [7, 11) is 0. The maximum absolute atomic E-state index is 12.4. The average molecular weight is 246 g/mol. The molecule has 1 N–H and O–H groups in total. The van der Waals surface area contributed by atoms with E-state index >= 15 is 0 Å². The number of carboxylic acid groups (broad SMARTS) is 1. The Labute approximate surface area is 94.1 Å². The minimum absolute atomic E-state index is 0.218. The minimum atomic E-state index is -2.90. The highest BCUT2D eigenvalue weighted by atomic mass is 19.3. The first-order valence-corrected chi connectivity index (χ1v) is 4.47. The second kappa shape index (κ2) is 4.81. The summed E-state index contributed by atoms with van der Waals surface area (Å²) in [5.74, 6) is -1.33. The highest BCUT2D eigenvalue weighted by molar-refractivity contribution is 5.72. The van der Waals surface area contributed by atoms with Gasteiger partial charge in [0.15, 0.2) is 0 Å². The Hall–Kier alpha value is -2.12. The lowest BCUT2D eigenvalue weighted by Crippen LogP contribution is -2.08. The van der Waals surface area contributed by atoms with Crippen molar-refractivity contribution in [2.24, 2.45) is 0 Å². The molecule has 0 spiro atoms. The summed E-state index contributed by atoms with van der Waals surface area (Å²) in [5, 5.41) is 19.3. The number of carbonyl (C=O) groups is 1. The van der Waals surface area contributed by atoms with Gasteiger partial charge in [-0.15, -0.1) is 0 Å². The Kier molecular flexibility index (Phi) is 3.66. The number of hydrogen-bond acceptors (Lipinski definition) is 4. The van der Waals surface area contributed by atoms with E-state index in [0.717, 1.165) is 6.07 Å². The van der Waals surface area contributed by atoms with Gasteiger partial charge < -0.3 is 5.11 Å². The smallest absolute Gasteiger partial charge is 0.308 e. The van der Waals surface area contributed by atoms with Crippen molar-refractivity contribution in [1.29, 1.82) is 0 Å². The Morgan fingerprint density at radius 2 is 2.24 bits per heavy atom. The first-order valence-electron chi connectivity index (χ1n) is 4.47. The summed E-state index contributed by atoms with van der Waals surface area (Å²) in [5.41, 5.74) is -1.68. The van der Waals surface area contributed by atoms with Crippen LogP contribution in [0.15, 0.2) is 6.07 Å². The molecule has 17 heavy (non-hydrogen) atoms. The van der Waals surface area contributed by atoms with Crippen LogP contribution in [0.3, 0.4) is 0 Å². The Morgan fingerprint density at radius 3 is 2.65 bits per heavy atom. The Morgan fingerprint density at radius 1 is 1.65 bits per heavy atom. The van der Waals surface area contributed by atoms with Crippen LogP contribution in [0.4, 0.5) is 14.5 Å². The van der Waals surface area contributed by atoms with Gasteiger partial charge in [-0.25, -0.2) is 13.8 Å². The van der Waals surface area contributed by atoms with Gasteiger partial charge in [0.1, 0.15) is 11.4 Å². The lowest BCUT2D eigenvalue weighted by atomic mass is 10.1. The Balaban J connectivity index is 3.38. The number of alkyl halides is 2. The molecule has 6 nitrogen and oxygen atoms in total. The third-order valence-electron chi connectivity index (χ3n) is 2.01. The van der Waals surface area contributed by atoms with Crippen LogP contribution in [-0.2, 0) is 11.2 Å².